The monoisotopic (exact) mass is 363 g/mol. The Bertz CT molecular complexity index is 1080. The number of nitro benzene ring substituents is 1. The number of carbonyl (C=O) groups is 1. The van der Waals surface area contributed by atoms with E-state index in [0.29, 0.717) is 22.6 Å². The molecule has 27 heavy (non-hydrogen) atoms. The number of carboxylic acid groups (broad SMARTS) is 1. The first-order valence-corrected chi connectivity index (χ1v) is 7.73. The molecule has 0 saturated carbocycles. The van der Waals surface area contributed by atoms with Crippen molar-refractivity contribution in [3.63, 3.8) is 0 Å². The Hall–Kier alpha value is -4.12. The minimum absolute atomic E-state index is 0.0216. The summed E-state index contributed by atoms with van der Waals surface area (Å²) in [5, 5.41) is 20.3. The lowest BCUT2D eigenvalue weighted by Crippen LogP contribution is -2.05. The van der Waals surface area contributed by atoms with E-state index in [-0.39, 0.29) is 17.1 Å². The largest absolute Gasteiger partial charge is 0.477 e. The molecule has 2 aromatic carbocycles. The Morgan fingerprint density at radius 1 is 1.22 bits per heavy atom. The average molecular weight is 363 g/mol. The number of non-ortho nitro benzene ring substituents is 1. The van der Waals surface area contributed by atoms with Crippen molar-refractivity contribution in [1.82, 2.24) is 4.57 Å². The molecule has 3 aromatic rings. The van der Waals surface area contributed by atoms with E-state index in [1.165, 1.54) is 29.0 Å². The number of aromatic carboxylic acids is 1. The number of nitrogens with zero attached hydrogens (tertiary/aromatic N) is 3. The average Bonchev–Trinajstić information content (AvgIpc) is 2.99. The van der Waals surface area contributed by atoms with Gasteiger partial charge in [0.05, 0.1) is 17.6 Å². The standard InChI is InChI=1S/C19H13N3O5/c1-20-16-11-21(2)18(19(23)24)17(16)12-6-8-14(9-7-12)27-15-5-3-4-13(10-15)22(25)26/h3-11H,2H3,(H,23,24). The maximum absolute atomic E-state index is 11.5. The van der Waals surface area contributed by atoms with Gasteiger partial charge in [0.25, 0.3) is 5.69 Å². The second-order valence-corrected chi connectivity index (χ2v) is 5.65. The van der Waals surface area contributed by atoms with Gasteiger partial charge >= 0.3 is 5.97 Å². The summed E-state index contributed by atoms with van der Waals surface area (Å²) in [5.74, 6) is -0.388. The highest BCUT2D eigenvalue weighted by Gasteiger charge is 2.21. The van der Waals surface area contributed by atoms with Gasteiger partial charge in [-0.25, -0.2) is 9.64 Å². The molecule has 0 aliphatic carbocycles. The van der Waals surface area contributed by atoms with Gasteiger partial charge in [-0.15, -0.1) is 0 Å². The van der Waals surface area contributed by atoms with Crippen molar-refractivity contribution in [2.75, 3.05) is 0 Å². The minimum Gasteiger partial charge on any atom is -0.477 e. The summed E-state index contributed by atoms with van der Waals surface area (Å²) < 4.78 is 7.01. The Labute approximate surface area is 153 Å². The van der Waals surface area contributed by atoms with E-state index >= 15 is 0 Å². The van der Waals surface area contributed by atoms with E-state index in [4.69, 9.17) is 11.3 Å². The van der Waals surface area contributed by atoms with Crippen LogP contribution in [0, 0.1) is 16.7 Å². The van der Waals surface area contributed by atoms with Crippen molar-refractivity contribution >= 4 is 17.3 Å². The van der Waals surface area contributed by atoms with Crippen LogP contribution in [-0.4, -0.2) is 20.6 Å². The first-order valence-electron chi connectivity index (χ1n) is 7.73. The zero-order valence-electron chi connectivity index (χ0n) is 14.1. The Morgan fingerprint density at radius 3 is 2.52 bits per heavy atom. The molecular formula is C19H13N3O5. The highest BCUT2D eigenvalue weighted by atomic mass is 16.6. The number of aryl methyl sites for hydroxylation is 1. The van der Waals surface area contributed by atoms with Crippen LogP contribution in [0.15, 0.2) is 54.7 Å². The number of hydrogen-bond donors (Lipinski definition) is 1. The lowest BCUT2D eigenvalue weighted by Gasteiger charge is -2.08. The molecule has 0 amide bonds. The lowest BCUT2D eigenvalue weighted by molar-refractivity contribution is -0.384. The summed E-state index contributed by atoms with van der Waals surface area (Å²) in [5.41, 5.74) is 1.07. The van der Waals surface area contributed by atoms with Crippen molar-refractivity contribution in [2.24, 2.45) is 7.05 Å². The van der Waals surface area contributed by atoms with Crippen molar-refractivity contribution in [1.29, 1.82) is 0 Å². The number of aromatic nitrogens is 1. The van der Waals surface area contributed by atoms with Crippen LogP contribution in [-0.2, 0) is 7.05 Å². The van der Waals surface area contributed by atoms with Crippen LogP contribution in [0.3, 0.4) is 0 Å². The molecule has 1 heterocycles. The summed E-state index contributed by atoms with van der Waals surface area (Å²) in [6, 6.07) is 12.3. The van der Waals surface area contributed by atoms with Crippen molar-refractivity contribution < 1.29 is 19.6 Å². The number of nitro groups is 1. The molecule has 0 saturated heterocycles. The van der Waals surface area contributed by atoms with E-state index in [0.717, 1.165) is 0 Å². The van der Waals surface area contributed by atoms with Gasteiger partial charge in [-0.05, 0) is 23.8 Å². The summed E-state index contributed by atoms with van der Waals surface area (Å²) in [4.78, 5) is 25.3. The molecule has 0 aliphatic rings. The van der Waals surface area contributed by atoms with Crippen LogP contribution in [0.4, 0.5) is 11.4 Å². The fourth-order valence-electron chi connectivity index (χ4n) is 2.72. The molecule has 0 aliphatic heterocycles. The quantitative estimate of drug-likeness (QED) is 0.404. The lowest BCUT2D eigenvalue weighted by atomic mass is 10.0. The third-order valence-electron chi connectivity index (χ3n) is 3.89. The van der Waals surface area contributed by atoms with Crippen molar-refractivity contribution in [3.8, 4) is 22.6 Å². The van der Waals surface area contributed by atoms with Crippen LogP contribution in [0.25, 0.3) is 16.0 Å². The van der Waals surface area contributed by atoms with Gasteiger partial charge < -0.3 is 14.4 Å². The van der Waals surface area contributed by atoms with E-state index in [1.807, 2.05) is 0 Å². The predicted molar refractivity (Wildman–Crippen MR) is 97.2 cm³/mol. The summed E-state index contributed by atoms with van der Waals surface area (Å²) in [6.07, 6.45) is 1.47. The zero-order valence-corrected chi connectivity index (χ0v) is 14.1. The Kier molecular flexibility index (Phi) is 4.60. The maximum atomic E-state index is 11.5. The maximum Gasteiger partial charge on any atom is 0.351 e. The smallest absolute Gasteiger partial charge is 0.351 e. The molecule has 1 aromatic heterocycles. The van der Waals surface area contributed by atoms with E-state index < -0.39 is 10.9 Å². The highest BCUT2D eigenvalue weighted by molar-refractivity contribution is 5.99. The number of ether oxygens (including phenoxy) is 1. The number of carboxylic acids is 1. The molecular weight excluding hydrogens is 350 g/mol. The highest BCUT2D eigenvalue weighted by Crippen LogP contribution is 2.36. The van der Waals surface area contributed by atoms with Crippen LogP contribution in [0.1, 0.15) is 10.5 Å². The molecule has 0 unspecified atom stereocenters. The van der Waals surface area contributed by atoms with Crippen LogP contribution < -0.4 is 4.74 Å². The Morgan fingerprint density at radius 2 is 1.93 bits per heavy atom. The number of rotatable bonds is 5. The molecule has 8 heteroatoms. The third-order valence-corrected chi connectivity index (χ3v) is 3.89. The molecule has 0 spiro atoms. The second kappa shape index (κ2) is 7.01. The van der Waals surface area contributed by atoms with E-state index in [9.17, 15) is 20.0 Å². The normalized spacial score (nSPS) is 10.2. The van der Waals surface area contributed by atoms with Crippen LogP contribution in [0.5, 0.6) is 11.5 Å². The van der Waals surface area contributed by atoms with E-state index in [2.05, 4.69) is 4.85 Å². The minimum atomic E-state index is -1.13. The predicted octanol–water partition coefficient (Wildman–Crippen LogP) is 4.64. The zero-order chi connectivity index (χ0) is 19.6. The summed E-state index contributed by atoms with van der Waals surface area (Å²) in [7, 11) is 1.57. The van der Waals surface area contributed by atoms with Gasteiger partial charge in [0, 0.05) is 24.9 Å². The van der Waals surface area contributed by atoms with Gasteiger partial charge in [0.1, 0.15) is 17.2 Å². The fourth-order valence-corrected chi connectivity index (χ4v) is 2.72. The molecule has 0 bridgehead atoms. The van der Waals surface area contributed by atoms with Gasteiger partial charge in [-0.1, -0.05) is 18.2 Å². The molecule has 3 rings (SSSR count). The molecule has 8 nitrogen and oxygen atoms in total. The summed E-state index contributed by atoms with van der Waals surface area (Å²) >= 11 is 0. The Balaban J connectivity index is 1.93. The summed E-state index contributed by atoms with van der Waals surface area (Å²) in [6.45, 7) is 7.27. The molecule has 0 fully saturated rings. The van der Waals surface area contributed by atoms with Crippen LogP contribution >= 0.6 is 0 Å². The first-order chi connectivity index (χ1) is 12.9. The van der Waals surface area contributed by atoms with Crippen molar-refractivity contribution in [2.45, 2.75) is 0 Å². The van der Waals surface area contributed by atoms with Gasteiger partial charge in [-0.2, -0.15) is 0 Å². The third kappa shape index (κ3) is 3.48. The number of hydrogen-bond acceptors (Lipinski definition) is 4. The van der Waals surface area contributed by atoms with Gasteiger partial charge in [0.15, 0.2) is 0 Å². The van der Waals surface area contributed by atoms with Gasteiger partial charge in [-0.3, -0.25) is 10.1 Å². The van der Waals surface area contributed by atoms with Crippen LogP contribution in [0.2, 0.25) is 0 Å². The SMILES string of the molecule is [C-]#[N+]c1cn(C)c(C(=O)O)c1-c1ccc(Oc2cccc([N+](=O)[O-])c2)cc1. The second-order valence-electron chi connectivity index (χ2n) is 5.65. The van der Waals surface area contributed by atoms with E-state index in [1.54, 1.807) is 37.4 Å². The number of benzene rings is 2. The first kappa shape index (κ1) is 17.7. The molecule has 134 valence electrons. The molecule has 0 radical (unpaired) electrons. The fraction of sp³-hybridized carbons (Fsp3) is 0.0526. The van der Waals surface area contributed by atoms with Crippen molar-refractivity contribution in [3.05, 3.63) is 82.0 Å². The topological polar surface area (TPSA) is 99.0 Å². The van der Waals surface area contributed by atoms with Gasteiger partial charge in [0.2, 0.25) is 5.69 Å². The molecule has 1 N–H and O–H groups in total. The molecule has 0 atom stereocenters.